The lowest BCUT2D eigenvalue weighted by molar-refractivity contribution is 0.0527. The summed E-state index contributed by atoms with van der Waals surface area (Å²) >= 11 is 0. The first-order chi connectivity index (χ1) is 8.88. The monoisotopic (exact) mass is 269 g/mol. The molecule has 0 aromatic carbocycles. The number of nitrogens with one attached hydrogen (secondary N) is 3. The van der Waals surface area contributed by atoms with Gasteiger partial charge >= 0.3 is 6.09 Å². The van der Waals surface area contributed by atoms with Gasteiger partial charge in [0.2, 0.25) is 0 Å². The first kappa shape index (κ1) is 15.4. The van der Waals surface area contributed by atoms with E-state index in [9.17, 15) is 4.79 Å². The molecule has 19 heavy (non-hydrogen) atoms. The summed E-state index contributed by atoms with van der Waals surface area (Å²) in [5, 5.41) is 12.6. The van der Waals surface area contributed by atoms with Crippen molar-refractivity contribution in [3.05, 3.63) is 12.2 Å². The highest BCUT2D eigenvalue weighted by molar-refractivity contribution is 5.67. The zero-order valence-corrected chi connectivity index (χ0v) is 12.0. The van der Waals surface area contributed by atoms with Gasteiger partial charge in [0, 0.05) is 6.54 Å². The molecular formula is C12H23N5O2. The fourth-order valence-corrected chi connectivity index (χ4v) is 1.43. The maximum atomic E-state index is 11.4. The van der Waals surface area contributed by atoms with Gasteiger partial charge in [-0.2, -0.15) is 5.10 Å². The van der Waals surface area contributed by atoms with Crippen LogP contribution in [0.1, 0.15) is 46.0 Å². The number of aromatic nitrogens is 3. The fraction of sp³-hybridized carbons (Fsp3) is 0.750. The smallest absolute Gasteiger partial charge is 0.407 e. The van der Waals surface area contributed by atoms with E-state index in [1.165, 1.54) is 6.33 Å². The predicted molar refractivity (Wildman–Crippen MR) is 71.7 cm³/mol. The highest BCUT2D eigenvalue weighted by atomic mass is 16.6. The Morgan fingerprint density at radius 3 is 2.79 bits per heavy atom. The van der Waals surface area contributed by atoms with Crippen LogP contribution in [-0.4, -0.2) is 40.0 Å². The van der Waals surface area contributed by atoms with Gasteiger partial charge in [0.05, 0.1) is 6.04 Å². The third-order valence-corrected chi connectivity index (χ3v) is 2.32. The minimum Gasteiger partial charge on any atom is -0.444 e. The van der Waals surface area contributed by atoms with Crippen LogP contribution in [0.15, 0.2) is 6.33 Å². The molecule has 0 fully saturated rings. The van der Waals surface area contributed by atoms with Gasteiger partial charge in [-0.15, -0.1) is 0 Å². The first-order valence-corrected chi connectivity index (χ1v) is 6.44. The fourth-order valence-electron chi connectivity index (χ4n) is 1.43. The van der Waals surface area contributed by atoms with Crippen LogP contribution in [0.25, 0.3) is 0 Å². The van der Waals surface area contributed by atoms with E-state index in [1.807, 2.05) is 27.7 Å². The van der Waals surface area contributed by atoms with Crippen LogP contribution in [-0.2, 0) is 4.74 Å². The molecule has 0 spiro atoms. The molecule has 0 radical (unpaired) electrons. The van der Waals surface area contributed by atoms with E-state index in [1.54, 1.807) is 0 Å². The summed E-state index contributed by atoms with van der Waals surface area (Å²) in [5.74, 6) is 0.806. The van der Waals surface area contributed by atoms with Gasteiger partial charge in [-0.05, 0) is 40.7 Å². The number of aromatic amines is 1. The Labute approximate surface area is 113 Å². The van der Waals surface area contributed by atoms with Crippen LogP contribution in [0.4, 0.5) is 4.79 Å². The summed E-state index contributed by atoms with van der Waals surface area (Å²) in [6.07, 6.45) is 1.92. The molecule has 0 aliphatic carbocycles. The standard InChI is InChI=1S/C12H23N5O2/c1-9(10-15-8-16-17-10)13-6-5-7-14-11(18)19-12(2,3)4/h8-9,13H,5-7H2,1-4H3,(H,14,18)(H,15,16,17). The third-order valence-electron chi connectivity index (χ3n) is 2.32. The SMILES string of the molecule is CC(NCCCNC(=O)OC(C)(C)C)c1ncn[nH]1. The van der Waals surface area contributed by atoms with Gasteiger partial charge in [-0.3, -0.25) is 5.10 Å². The predicted octanol–water partition coefficient (Wildman–Crippen LogP) is 1.37. The van der Waals surface area contributed by atoms with Gasteiger partial charge in [-0.25, -0.2) is 9.78 Å². The largest absolute Gasteiger partial charge is 0.444 e. The molecule has 0 saturated heterocycles. The molecule has 3 N–H and O–H groups in total. The Hall–Kier alpha value is -1.63. The molecule has 108 valence electrons. The van der Waals surface area contributed by atoms with E-state index in [-0.39, 0.29) is 12.1 Å². The van der Waals surface area contributed by atoms with Crippen LogP contribution in [0.5, 0.6) is 0 Å². The van der Waals surface area contributed by atoms with Gasteiger partial charge in [0.15, 0.2) is 0 Å². The Bertz CT molecular complexity index is 372. The number of H-pyrrole nitrogens is 1. The Kier molecular flexibility index (Phi) is 5.75. The summed E-state index contributed by atoms with van der Waals surface area (Å²) in [5.41, 5.74) is -0.455. The molecule has 1 aromatic rings. The van der Waals surface area contributed by atoms with Crippen molar-refractivity contribution >= 4 is 6.09 Å². The van der Waals surface area contributed by atoms with Gasteiger partial charge < -0.3 is 15.4 Å². The number of hydrogen-bond acceptors (Lipinski definition) is 5. The minimum atomic E-state index is -0.455. The normalized spacial score (nSPS) is 13.1. The van der Waals surface area contributed by atoms with Crippen molar-refractivity contribution in [2.75, 3.05) is 13.1 Å². The quantitative estimate of drug-likeness (QED) is 0.678. The molecule has 1 atom stereocenters. The Balaban J connectivity index is 2.07. The molecule has 1 aromatic heterocycles. The van der Waals surface area contributed by atoms with Crippen molar-refractivity contribution in [2.45, 2.75) is 45.8 Å². The highest BCUT2D eigenvalue weighted by Gasteiger charge is 2.15. The number of carbonyl (C=O) groups excluding carboxylic acids is 1. The average molecular weight is 269 g/mol. The van der Waals surface area contributed by atoms with Crippen LogP contribution >= 0.6 is 0 Å². The first-order valence-electron chi connectivity index (χ1n) is 6.44. The second-order valence-corrected chi connectivity index (χ2v) is 5.33. The molecule has 0 bridgehead atoms. The number of rotatable bonds is 6. The lowest BCUT2D eigenvalue weighted by Crippen LogP contribution is -2.34. The van der Waals surface area contributed by atoms with Crippen molar-refractivity contribution in [3.63, 3.8) is 0 Å². The average Bonchev–Trinajstić information content (AvgIpc) is 2.79. The summed E-state index contributed by atoms with van der Waals surface area (Å²) in [6.45, 7) is 8.87. The maximum absolute atomic E-state index is 11.4. The van der Waals surface area contributed by atoms with E-state index in [2.05, 4.69) is 25.8 Å². The number of carbonyl (C=O) groups is 1. The molecule has 7 nitrogen and oxygen atoms in total. The molecule has 1 unspecified atom stereocenters. The summed E-state index contributed by atoms with van der Waals surface area (Å²) in [7, 11) is 0. The zero-order valence-electron chi connectivity index (χ0n) is 12.0. The molecule has 1 amide bonds. The lowest BCUT2D eigenvalue weighted by atomic mass is 10.2. The number of nitrogens with zero attached hydrogens (tertiary/aromatic N) is 2. The number of hydrogen-bond donors (Lipinski definition) is 3. The summed E-state index contributed by atoms with van der Waals surface area (Å²) in [4.78, 5) is 15.4. The second kappa shape index (κ2) is 7.08. The molecule has 1 rings (SSSR count). The Morgan fingerprint density at radius 1 is 1.47 bits per heavy atom. The van der Waals surface area contributed by atoms with Crippen molar-refractivity contribution in [1.29, 1.82) is 0 Å². The van der Waals surface area contributed by atoms with Gasteiger partial charge in [-0.1, -0.05) is 0 Å². The molecule has 1 heterocycles. The third kappa shape index (κ3) is 6.76. The maximum Gasteiger partial charge on any atom is 0.407 e. The van der Waals surface area contributed by atoms with Crippen LogP contribution in [0.3, 0.4) is 0 Å². The molecule has 0 aliphatic heterocycles. The molecule has 0 aliphatic rings. The van der Waals surface area contributed by atoms with E-state index < -0.39 is 5.60 Å². The highest BCUT2D eigenvalue weighted by Crippen LogP contribution is 2.06. The molecule has 0 saturated carbocycles. The van der Waals surface area contributed by atoms with Crippen LogP contribution in [0, 0.1) is 0 Å². The van der Waals surface area contributed by atoms with Crippen LogP contribution in [0.2, 0.25) is 0 Å². The number of alkyl carbamates (subject to hydrolysis) is 1. The topological polar surface area (TPSA) is 91.9 Å². The second-order valence-electron chi connectivity index (χ2n) is 5.33. The minimum absolute atomic E-state index is 0.115. The van der Waals surface area contributed by atoms with Crippen molar-refractivity contribution in [1.82, 2.24) is 25.8 Å². The molecular weight excluding hydrogens is 246 g/mol. The summed E-state index contributed by atoms with van der Waals surface area (Å²) < 4.78 is 5.13. The van der Waals surface area contributed by atoms with Crippen molar-refractivity contribution in [3.8, 4) is 0 Å². The van der Waals surface area contributed by atoms with E-state index in [0.29, 0.717) is 6.54 Å². The van der Waals surface area contributed by atoms with Crippen molar-refractivity contribution < 1.29 is 9.53 Å². The van der Waals surface area contributed by atoms with E-state index >= 15 is 0 Å². The van der Waals surface area contributed by atoms with E-state index in [4.69, 9.17) is 4.74 Å². The number of ether oxygens (including phenoxy) is 1. The zero-order chi connectivity index (χ0) is 14.3. The Morgan fingerprint density at radius 2 is 2.21 bits per heavy atom. The number of amides is 1. The van der Waals surface area contributed by atoms with Crippen LogP contribution < -0.4 is 10.6 Å². The van der Waals surface area contributed by atoms with Gasteiger partial charge in [0.25, 0.3) is 0 Å². The lowest BCUT2D eigenvalue weighted by Gasteiger charge is -2.19. The van der Waals surface area contributed by atoms with E-state index in [0.717, 1.165) is 18.8 Å². The summed E-state index contributed by atoms with van der Waals surface area (Å²) in [6, 6.07) is 0.115. The van der Waals surface area contributed by atoms with Crippen molar-refractivity contribution in [2.24, 2.45) is 0 Å². The molecule has 7 heteroatoms. The van der Waals surface area contributed by atoms with Gasteiger partial charge in [0.1, 0.15) is 17.8 Å².